The van der Waals surface area contributed by atoms with Gasteiger partial charge in [-0.15, -0.1) is 0 Å². The third-order valence-electron chi connectivity index (χ3n) is 3.86. The summed E-state index contributed by atoms with van der Waals surface area (Å²) in [5.74, 6) is 0. The third-order valence-corrected chi connectivity index (χ3v) is 6.77. The van der Waals surface area contributed by atoms with E-state index in [0.29, 0.717) is 18.0 Å². The molecule has 0 unspecified atom stereocenters. The molecule has 1 aliphatic rings. The van der Waals surface area contributed by atoms with Crippen LogP contribution in [0.2, 0.25) is 0 Å². The molecule has 118 valence electrons. The lowest BCUT2D eigenvalue weighted by Gasteiger charge is -2.23. The minimum Gasteiger partial charge on any atom is -0.326 e. The van der Waals surface area contributed by atoms with Crippen LogP contribution in [-0.4, -0.2) is 25.3 Å². The van der Waals surface area contributed by atoms with Gasteiger partial charge in [0.25, 0.3) is 0 Å². The number of hydrogen-bond donors (Lipinski definition) is 1. The molecule has 0 heterocycles. The minimum atomic E-state index is -3.45. The molecule has 0 atom stereocenters. The van der Waals surface area contributed by atoms with Gasteiger partial charge in [-0.1, -0.05) is 29.3 Å². The summed E-state index contributed by atoms with van der Waals surface area (Å²) < 4.78 is 28.5. The van der Waals surface area contributed by atoms with Crippen LogP contribution in [0, 0.1) is 6.92 Å². The van der Waals surface area contributed by atoms with Gasteiger partial charge in [-0.05, 0) is 49.4 Å². The zero-order valence-corrected chi connectivity index (χ0v) is 15.0. The standard InChI is InChI=1S/C15H23BrN2O2S/c1-3-4-7-18(13-5-6-13)21(19,20)15-9-12(10-17)8-14(16)11(15)2/h8-9,13H,3-7,10,17H2,1-2H3. The second-order valence-electron chi connectivity index (χ2n) is 5.61. The van der Waals surface area contributed by atoms with Gasteiger partial charge in [0, 0.05) is 23.6 Å². The average Bonchev–Trinajstić information content (AvgIpc) is 3.26. The van der Waals surface area contributed by atoms with Gasteiger partial charge in [0.15, 0.2) is 0 Å². The molecule has 1 fully saturated rings. The molecule has 2 rings (SSSR count). The summed E-state index contributed by atoms with van der Waals surface area (Å²) in [7, 11) is -3.45. The summed E-state index contributed by atoms with van der Waals surface area (Å²) in [5, 5.41) is 0. The van der Waals surface area contributed by atoms with Gasteiger partial charge in [-0.25, -0.2) is 8.42 Å². The lowest BCUT2D eigenvalue weighted by molar-refractivity contribution is 0.395. The molecule has 1 aliphatic carbocycles. The minimum absolute atomic E-state index is 0.182. The highest BCUT2D eigenvalue weighted by atomic mass is 79.9. The number of benzene rings is 1. The Bertz CT molecular complexity index is 612. The molecular weight excluding hydrogens is 352 g/mol. The number of unbranched alkanes of at least 4 members (excludes halogenated alkanes) is 1. The smallest absolute Gasteiger partial charge is 0.243 e. The average molecular weight is 375 g/mol. The van der Waals surface area contributed by atoms with Crippen LogP contribution in [0.1, 0.15) is 43.7 Å². The zero-order chi connectivity index (χ0) is 15.6. The topological polar surface area (TPSA) is 63.4 Å². The van der Waals surface area contributed by atoms with Crippen molar-refractivity contribution in [1.29, 1.82) is 0 Å². The van der Waals surface area contributed by atoms with E-state index in [1.165, 1.54) is 0 Å². The van der Waals surface area contributed by atoms with E-state index in [1.54, 1.807) is 10.4 Å². The Morgan fingerprint density at radius 2 is 2.05 bits per heavy atom. The van der Waals surface area contributed by atoms with Gasteiger partial charge in [0.1, 0.15) is 0 Å². The lowest BCUT2D eigenvalue weighted by Crippen LogP contribution is -2.34. The third kappa shape index (κ3) is 3.67. The van der Waals surface area contributed by atoms with Crippen molar-refractivity contribution in [2.75, 3.05) is 6.54 Å². The molecular formula is C15H23BrN2O2S. The predicted molar refractivity (Wildman–Crippen MR) is 88.6 cm³/mol. The number of halogens is 1. The molecule has 0 aliphatic heterocycles. The number of sulfonamides is 1. The molecule has 0 amide bonds. The van der Waals surface area contributed by atoms with Crippen molar-refractivity contribution in [2.45, 2.75) is 57.0 Å². The van der Waals surface area contributed by atoms with Crippen LogP contribution in [0.5, 0.6) is 0 Å². The molecule has 1 saturated carbocycles. The second-order valence-corrected chi connectivity index (χ2v) is 8.32. The molecule has 6 heteroatoms. The molecule has 0 bridgehead atoms. The molecule has 21 heavy (non-hydrogen) atoms. The van der Waals surface area contributed by atoms with E-state index in [9.17, 15) is 8.42 Å². The Balaban J connectivity index is 2.44. The Labute approximate surface area is 135 Å². The SMILES string of the molecule is CCCCN(C1CC1)S(=O)(=O)c1cc(CN)cc(Br)c1C. The first-order valence-electron chi connectivity index (χ1n) is 7.42. The quantitative estimate of drug-likeness (QED) is 0.796. The molecule has 0 saturated heterocycles. The maximum Gasteiger partial charge on any atom is 0.243 e. The molecule has 4 nitrogen and oxygen atoms in total. The van der Waals surface area contributed by atoms with Crippen molar-refractivity contribution in [2.24, 2.45) is 5.73 Å². The van der Waals surface area contributed by atoms with Gasteiger partial charge >= 0.3 is 0 Å². The van der Waals surface area contributed by atoms with Crippen LogP contribution in [0.3, 0.4) is 0 Å². The maximum absolute atomic E-state index is 13.0. The Hall–Kier alpha value is -0.430. The van der Waals surface area contributed by atoms with Crippen LogP contribution < -0.4 is 5.73 Å². The highest BCUT2D eigenvalue weighted by Crippen LogP contribution is 2.35. The van der Waals surface area contributed by atoms with Crippen LogP contribution in [0.15, 0.2) is 21.5 Å². The first-order chi connectivity index (χ1) is 9.91. The molecule has 1 aromatic rings. The Kier molecular flexibility index (Phi) is 5.46. The van der Waals surface area contributed by atoms with Crippen molar-refractivity contribution in [3.05, 3.63) is 27.7 Å². The number of nitrogens with two attached hydrogens (primary N) is 1. The summed E-state index contributed by atoms with van der Waals surface area (Å²) >= 11 is 3.45. The van der Waals surface area contributed by atoms with Crippen molar-refractivity contribution >= 4 is 26.0 Å². The maximum atomic E-state index is 13.0. The van der Waals surface area contributed by atoms with Crippen LogP contribution in [0.25, 0.3) is 0 Å². The summed E-state index contributed by atoms with van der Waals surface area (Å²) in [6.07, 6.45) is 3.83. The zero-order valence-electron chi connectivity index (χ0n) is 12.6. The summed E-state index contributed by atoms with van der Waals surface area (Å²) in [5.41, 5.74) is 7.27. The van der Waals surface area contributed by atoms with E-state index in [2.05, 4.69) is 22.9 Å². The van der Waals surface area contributed by atoms with E-state index >= 15 is 0 Å². The fraction of sp³-hybridized carbons (Fsp3) is 0.600. The van der Waals surface area contributed by atoms with Crippen molar-refractivity contribution in [3.8, 4) is 0 Å². The second kappa shape index (κ2) is 6.77. The monoisotopic (exact) mass is 374 g/mol. The first kappa shape index (κ1) is 16.9. The van der Waals surface area contributed by atoms with Gasteiger partial charge in [-0.2, -0.15) is 4.31 Å². The van der Waals surface area contributed by atoms with Gasteiger partial charge < -0.3 is 5.73 Å². The molecule has 0 spiro atoms. The van der Waals surface area contributed by atoms with Crippen molar-refractivity contribution < 1.29 is 8.42 Å². The fourth-order valence-corrected chi connectivity index (χ4v) is 5.06. The highest BCUT2D eigenvalue weighted by Gasteiger charge is 2.38. The predicted octanol–water partition coefficient (Wildman–Crippen LogP) is 3.17. The summed E-state index contributed by atoms with van der Waals surface area (Å²) in [6, 6.07) is 3.79. The normalized spacial score (nSPS) is 15.7. The van der Waals surface area contributed by atoms with E-state index in [1.807, 2.05) is 13.0 Å². The number of rotatable bonds is 7. The van der Waals surface area contributed by atoms with E-state index in [-0.39, 0.29) is 6.04 Å². The van der Waals surface area contributed by atoms with E-state index in [4.69, 9.17) is 5.73 Å². The Morgan fingerprint density at radius 3 is 2.57 bits per heavy atom. The van der Waals surface area contributed by atoms with E-state index < -0.39 is 10.0 Å². The highest BCUT2D eigenvalue weighted by molar-refractivity contribution is 9.10. The van der Waals surface area contributed by atoms with Crippen molar-refractivity contribution in [1.82, 2.24) is 4.31 Å². The van der Waals surface area contributed by atoms with Crippen LogP contribution >= 0.6 is 15.9 Å². The Morgan fingerprint density at radius 1 is 1.38 bits per heavy atom. The summed E-state index contributed by atoms with van der Waals surface area (Å²) in [6.45, 7) is 4.85. The number of hydrogen-bond acceptors (Lipinski definition) is 3. The van der Waals surface area contributed by atoms with Gasteiger partial charge in [-0.3, -0.25) is 0 Å². The molecule has 0 radical (unpaired) electrons. The first-order valence-corrected chi connectivity index (χ1v) is 9.66. The molecule has 1 aromatic carbocycles. The fourth-order valence-electron chi connectivity index (χ4n) is 2.39. The van der Waals surface area contributed by atoms with Gasteiger partial charge in [0.05, 0.1) is 4.90 Å². The summed E-state index contributed by atoms with van der Waals surface area (Å²) in [4.78, 5) is 0.389. The lowest BCUT2D eigenvalue weighted by atomic mass is 10.1. The van der Waals surface area contributed by atoms with E-state index in [0.717, 1.165) is 41.3 Å². The van der Waals surface area contributed by atoms with Gasteiger partial charge in [0.2, 0.25) is 10.0 Å². The van der Waals surface area contributed by atoms with Crippen LogP contribution in [-0.2, 0) is 16.6 Å². The molecule has 2 N–H and O–H groups in total. The van der Waals surface area contributed by atoms with Crippen LogP contribution in [0.4, 0.5) is 0 Å². The largest absolute Gasteiger partial charge is 0.326 e. The molecule has 0 aromatic heterocycles. The number of nitrogens with zero attached hydrogens (tertiary/aromatic N) is 1. The van der Waals surface area contributed by atoms with Crippen molar-refractivity contribution in [3.63, 3.8) is 0 Å².